The highest BCUT2D eigenvalue weighted by Crippen LogP contribution is 2.20. The average molecular weight is 259 g/mol. The summed E-state index contributed by atoms with van der Waals surface area (Å²) in [4.78, 5) is 11.6. The summed E-state index contributed by atoms with van der Waals surface area (Å²) in [5.74, 6) is 0.590. The molecule has 2 rings (SSSR count). The first-order valence-electron chi connectivity index (χ1n) is 6.11. The maximum Gasteiger partial charge on any atom is 0.258 e. The third-order valence-electron chi connectivity index (χ3n) is 2.95. The fourth-order valence-electron chi connectivity index (χ4n) is 1.65. The number of hydrogen-bond donors (Lipinski definition) is 2. The summed E-state index contributed by atoms with van der Waals surface area (Å²) in [6.45, 7) is 4.43. The highest BCUT2D eigenvalue weighted by atomic mass is 16.5. The lowest BCUT2D eigenvalue weighted by atomic mass is 10.1. The Morgan fingerprint density at radius 3 is 2.95 bits per heavy atom. The number of rotatable bonds is 5. The van der Waals surface area contributed by atoms with Gasteiger partial charge in [0.15, 0.2) is 6.61 Å². The molecule has 0 unspecified atom stereocenters. The second-order valence-electron chi connectivity index (χ2n) is 4.35. The number of nitrogens with zero attached hydrogens (tertiary/aromatic N) is 1. The first-order chi connectivity index (χ1) is 9.16. The maximum absolute atomic E-state index is 11.6. The number of nitrogens with one attached hydrogen (secondary N) is 2. The maximum atomic E-state index is 11.6. The zero-order chi connectivity index (χ0) is 13.7. The first kappa shape index (κ1) is 13.1. The molecule has 0 saturated carbocycles. The Labute approximate surface area is 112 Å². The predicted molar refractivity (Wildman–Crippen MR) is 71.8 cm³/mol. The van der Waals surface area contributed by atoms with Crippen molar-refractivity contribution in [3.63, 3.8) is 0 Å². The molecule has 1 heterocycles. The summed E-state index contributed by atoms with van der Waals surface area (Å²) in [5.41, 5.74) is 3.07. The normalized spacial score (nSPS) is 10.2. The van der Waals surface area contributed by atoms with Gasteiger partial charge in [-0.05, 0) is 37.1 Å². The number of H-pyrrole nitrogens is 1. The van der Waals surface area contributed by atoms with Gasteiger partial charge >= 0.3 is 0 Å². The molecular formula is C14H17N3O2. The van der Waals surface area contributed by atoms with Gasteiger partial charge in [-0.1, -0.05) is 12.1 Å². The van der Waals surface area contributed by atoms with Crippen LogP contribution in [0.4, 0.5) is 0 Å². The molecule has 2 N–H and O–H groups in total. The number of carbonyl (C=O) groups is 1. The van der Waals surface area contributed by atoms with Gasteiger partial charge in [-0.2, -0.15) is 5.10 Å². The molecule has 0 aliphatic carbocycles. The second kappa shape index (κ2) is 6.04. The van der Waals surface area contributed by atoms with Crippen LogP contribution in [0, 0.1) is 13.8 Å². The molecule has 0 fully saturated rings. The topological polar surface area (TPSA) is 67.0 Å². The van der Waals surface area contributed by atoms with E-state index in [1.54, 1.807) is 6.20 Å². The second-order valence-corrected chi connectivity index (χ2v) is 4.35. The fraction of sp³-hybridized carbons (Fsp3) is 0.286. The summed E-state index contributed by atoms with van der Waals surface area (Å²) in [6.07, 6.45) is 1.65. The van der Waals surface area contributed by atoms with E-state index in [2.05, 4.69) is 15.5 Å². The van der Waals surface area contributed by atoms with Crippen LogP contribution in [0.3, 0.4) is 0 Å². The molecule has 0 radical (unpaired) electrons. The van der Waals surface area contributed by atoms with Crippen LogP contribution in [0.25, 0.3) is 0 Å². The number of carbonyl (C=O) groups excluding carboxylic acids is 1. The fourth-order valence-corrected chi connectivity index (χ4v) is 1.65. The number of hydrogen-bond acceptors (Lipinski definition) is 3. The largest absolute Gasteiger partial charge is 0.483 e. The molecule has 19 heavy (non-hydrogen) atoms. The molecule has 2 aromatic rings. The smallest absolute Gasteiger partial charge is 0.258 e. The number of aryl methyl sites for hydroxylation is 1. The molecule has 0 atom stereocenters. The molecule has 1 amide bonds. The van der Waals surface area contributed by atoms with Crippen molar-refractivity contribution < 1.29 is 9.53 Å². The van der Waals surface area contributed by atoms with Crippen LogP contribution in [-0.4, -0.2) is 22.7 Å². The van der Waals surface area contributed by atoms with Crippen molar-refractivity contribution >= 4 is 5.91 Å². The standard InChI is InChI=1S/C14H17N3O2/c1-10-4-3-5-13(11(10)2)19-9-14(18)15-8-12-6-7-16-17-12/h3-7H,8-9H2,1-2H3,(H,15,18)(H,16,17). The zero-order valence-corrected chi connectivity index (χ0v) is 11.1. The van der Waals surface area contributed by atoms with E-state index in [1.165, 1.54) is 0 Å². The summed E-state index contributed by atoms with van der Waals surface area (Å²) in [5, 5.41) is 9.34. The Kier molecular flexibility index (Phi) is 4.18. The number of amides is 1. The van der Waals surface area contributed by atoms with Crippen molar-refractivity contribution in [1.29, 1.82) is 0 Å². The number of ether oxygens (including phenoxy) is 1. The Hall–Kier alpha value is -2.30. The van der Waals surface area contributed by atoms with E-state index < -0.39 is 0 Å². The Balaban J connectivity index is 1.81. The number of aromatic nitrogens is 2. The van der Waals surface area contributed by atoms with Crippen LogP contribution >= 0.6 is 0 Å². The van der Waals surface area contributed by atoms with Crippen molar-refractivity contribution in [3.05, 3.63) is 47.3 Å². The highest BCUT2D eigenvalue weighted by Gasteiger charge is 2.06. The average Bonchev–Trinajstić information content (AvgIpc) is 2.91. The number of aromatic amines is 1. The molecule has 1 aromatic carbocycles. The van der Waals surface area contributed by atoms with Crippen molar-refractivity contribution in [2.75, 3.05) is 6.61 Å². The summed E-state index contributed by atoms with van der Waals surface area (Å²) in [6, 6.07) is 7.61. The van der Waals surface area contributed by atoms with Gasteiger partial charge in [0.25, 0.3) is 5.91 Å². The van der Waals surface area contributed by atoms with Gasteiger partial charge in [-0.25, -0.2) is 0 Å². The van der Waals surface area contributed by atoms with Crippen LogP contribution in [-0.2, 0) is 11.3 Å². The molecule has 5 heteroatoms. The summed E-state index contributed by atoms with van der Waals surface area (Å²) in [7, 11) is 0. The molecule has 0 aliphatic heterocycles. The molecule has 100 valence electrons. The third-order valence-corrected chi connectivity index (χ3v) is 2.95. The van der Waals surface area contributed by atoms with Crippen LogP contribution < -0.4 is 10.1 Å². The molecular weight excluding hydrogens is 242 g/mol. The van der Waals surface area contributed by atoms with E-state index in [-0.39, 0.29) is 12.5 Å². The van der Waals surface area contributed by atoms with Gasteiger partial charge in [0.1, 0.15) is 5.75 Å². The Morgan fingerprint density at radius 1 is 1.37 bits per heavy atom. The van der Waals surface area contributed by atoms with Crippen LogP contribution in [0.1, 0.15) is 16.8 Å². The van der Waals surface area contributed by atoms with Gasteiger partial charge in [0.05, 0.1) is 12.2 Å². The van der Waals surface area contributed by atoms with Gasteiger partial charge in [-0.3, -0.25) is 9.89 Å². The summed E-state index contributed by atoms with van der Waals surface area (Å²) >= 11 is 0. The molecule has 0 saturated heterocycles. The monoisotopic (exact) mass is 259 g/mol. The van der Waals surface area contributed by atoms with Crippen molar-refractivity contribution in [3.8, 4) is 5.75 Å². The lowest BCUT2D eigenvalue weighted by Crippen LogP contribution is -2.28. The van der Waals surface area contributed by atoms with Crippen molar-refractivity contribution in [2.24, 2.45) is 0 Å². The minimum absolute atomic E-state index is 0.0123. The molecule has 0 bridgehead atoms. The zero-order valence-electron chi connectivity index (χ0n) is 11.1. The van der Waals surface area contributed by atoms with E-state index >= 15 is 0 Å². The number of benzene rings is 1. The molecule has 5 nitrogen and oxygen atoms in total. The lowest BCUT2D eigenvalue weighted by Gasteiger charge is -2.10. The van der Waals surface area contributed by atoms with Crippen LogP contribution in [0.2, 0.25) is 0 Å². The molecule has 0 spiro atoms. The van der Waals surface area contributed by atoms with E-state index in [1.807, 2.05) is 38.1 Å². The van der Waals surface area contributed by atoms with Gasteiger partial charge in [0, 0.05) is 6.20 Å². The minimum atomic E-state index is -0.157. The summed E-state index contributed by atoms with van der Waals surface area (Å²) < 4.78 is 5.51. The van der Waals surface area contributed by atoms with Crippen LogP contribution in [0.5, 0.6) is 5.75 Å². The SMILES string of the molecule is Cc1cccc(OCC(=O)NCc2ccn[nH]2)c1C. The van der Waals surface area contributed by atoms with Gasteiger partial charge < -0.3 is 10.1 Å². The lowest BCUT2D eigenvalue weighted by molar-refractivity contribution is -0.123. The first-order valence-corrected chi connectivity index (χ1v) is 6.11. The van der Waals surface area contributed by atoms with Gasteiger partial charge in [-0.15, -0.1) is 0 Å². The Bertz CT molecular complexity index is 550. The quantitative estimate of drug-likeness (QED) is 0.859. The van der Waals surface area contributed by atoms with Gasteiger partial charge in [0.2, 0.25) is 0 Å². The third kappa shape index (κ3) is 3.58. The molecule has 1 aromatic heterocycles. The van der Waals surface area contributed by atoms with Crippen molar-refractivity contribution in [1.82, 2.24) is 15.5 Å². The van der Waals surface area contributed by atoms with E-state index in [0.29, 0.717) is 6.54 Å². The minimum Gasteiger partial charge on any atom is -0.483 e. The molecule has 0 aliphatic rings. The predicted octanol–water partition coefficient (Wildman–Crippen LogP) is 1.72. The van der Waals surface area contributed by atoms with E-state index in [4.69, 9.17) is 4.74 Å². The van der Waals surface area contributed by atoms with Crippen LogP contribution in [0.15, 0.2) is 30.5 Å². The van der Waals surface area contributed by atoms with E-state index in [0.717, 1.165) is 22.6 Å². The van der Waals surface area contributed by atoms with E-state index in [9.17, 15) is 4.79 Å². The highest BCUT2D eigenvalue weighted by molar-refractivity contribution is 5.77. The van der Waals surface area contributed by atoms with Crippen molar-refractivity contribution in [2.45, 2.75) is 20.4 Å². The Morgan fingerprint density at radius 2 is 2.21 bits per heavy atom.